The third-order valence-electron chi connectivity index (χ3n) is 5.37. The van der Waals surface area contributed by atoms with Crippen LogP contribution in [0.5, 0.6) is 11.5 Å². The Morgan fingerprint density at radius 3 is 2.45 bits per heavy atom. The van der Waals surface area contributed by atoms with Crippen LogP contribution in [0.2, 0.25) is 0 Å². The number of nitro groups is 1. The molecule has 3 atom stereocenters. The van der Waals surface area contributed by atoms with Crippen LogP contribution in [0.3, 0.4) is 0 Å². The quantitative estimate of drug-likeness (QED) is 0.441. The van der Waals surface area contributed by atoms with Gasteiger partial charge in [0.2, 0.25) is 0 Å². The van der Waals surface area contributed by atoms with Crippen molar-refractivity contribution in [3.05, 3.63) is 58.1 Å². The van der Waals surface area contributed by atoms with Gasteiger partial charge in [-0.2, -0.15) is 13.2 Å². The third-order valence-corrected chi connectivity index (χ3v) is 6.48. The minimum absolute atomic E-state index is 0.0340. The molecule has 0 bridgehead atoms. The van der Waals surface area contributed by atoms with E-state index in [1.54, 1.807) is 0 Å². The number of rotatable bonds is 8. The Balaban J connectivity index is 1.85. The molecule has 0 amide bonds. The highest BCUT2D eigenvalue weighted by Gasteiger charge is 2.39. The molecule has 3 rings (SSSR count). The molecule has 1 aliphatic rings. The Labute approximate surface area is 188 Å². The molecule has 0 aromatic heterocycles. The van der Waals surface area contributed by atoms with Crippen molar-refractivity contribution in [3.8, 4) is 11.5 Å². The van der Waals surface area contributed by atoms with Gasteiger partial charge in [0.15, 0.2) is 15.9 Å². The predicted octanol–water partition coefficient (Wildman–Crippen LogP) is 4.06. The average molecular weight is 488 g/mol. The van der Waals surface area contributed by atoms with Gasteiger partial charge in [-0.05, 0) is 50.2 Å². The van der Waals surface area contributed by atoms with E-state index in [1.807, 2.05) is 0 Å². The fraction of sp³-hybridized carbons (Fsp3) is 0.429. The van der Waals surface area contributed by atoms with Gasteiger partial charge in [0, 0.05) is 35.9 Å². The fourth-order valence-electron chi connectivity index (χ4n) is 3.53. The van der Waals surface area contributed by atoms with E-state index in [2.05, 4.69) is 5.32 Å². The number of hydrogen-bond donors (Lipinski definition) is 1. The highest BCUT2D eigenvalue weighted by atomic mass is 32.2. The summed E-state index contributed by atoms with van der Waals surface area (Å²) in [4.78, 5) is 10.2. The fourth-order valence-corrected chi connectivity index (χ4v) is 4.19. The molecule has 33 heavy (non-hydrogen) atoms. The van der Waals surface area contributed by atoms with Crippen LogP contribution < -0.4 is 14.8 Å². The van der Waals surface area contributed by atoms with E-state index in [-0.39, 0.29) is 28.9 Å². The molecule has 1 N–H and O–H groups in total. The summed E-state index contributed by atoms with van der Waals surface area (Å²) >= 11 is 0. The van der Waals surface area contributed by atoms with Gasteiger partial charge in [0.25, 0.3) is 5.69 Å². The van der Waals surface area contributed by atoms with Crippen LogP contribution in [0.25, 0.3) is 0 Å². The molecule has 0 spiro atoms. The molecule has 1 saturated heterocycles. The number of alkyl halides is 3. The number of non-ortho nitro benzene ring substituents is 1. The molecule has 8 nitrogen and oxygen atoms in total. The van der Waals surface area contributed by atoms with Gasteiger partial charge in [0.1, 0.15) is 11.5 Å². The highest BCUT2D eigenvalue weighted by Crippen LogP contribution is 2.38. The van der Waals surface area contributed by atoms with E-state index >= 15 is 0 Å². The van der Waals surface area contributed by atoms with Crippen molar-refractivity contribution in [3.63, 3.8) is 0 Å². The van der Waals surface area contributed by atoms with Crippen molar-refractivity contribution in [2.75, 3.05) is 19.4 Å². The normalized spacial score (nSPS) is 19.8. The van der Waals surface area contributed by atoms with Crippen LogP contribution in [0, 0.1) is 16.0 Å². The molecule has 0 saturated carbocycles. The molecule has 180 valence electrons. The zero-order chi connectivity index (χ0) is 24.4. The first-order valence-corrected chi connectivity index (χ1v) is 11.9. The smallest absolute Gasteiger partial charge is 0.425 e. The molecule has 1 aliphatic heterocycles. The molecule has 1 heterocycles. The van der Waals surface area contributed by atoms with E-state index in [9.17, 15) is 31.7 Å². The van der Waals surface area contributed by atoms with Crippen molar-refractivity contribution in [2.24, 2.45) is 5.92 Å². The lowest BCUT2D eigenvalue weighted by Crippen LogP contribution is -2.32. The Morgan fingerprint density at radius 2 is 1.88 bits per heavy atom. The van der Waals surface area contributed by atoms with Crippen molar-refractivity contribution >= 4 is 15.5 Å². The molecule has 0 radical (unpaired) electrons. The third kappa shape index (κ3) is 6.14. The van der Waals surface area contributed by atoms with Crippen LogP contribution in [0.4, 0.5) is 18.9 Å². The van der Waals surface area contributed by atoms with E-state index in [0.717, 1.165) is 13.2 Å². The summed E-state index contributed by atoms with van der Waals surface area (Å²) in [7, 11) is -3.60. The summed E-state index contributed by atoms with van der Waals surface area (Å²) < 4.78 is 74.2. The molecule has 2 aromatic rings. The van der Waals surface area contributed by atoms with Crippen LogP contribution in [-0.2, 0) is 9.84 Å². The van der Waals surface area contributed by atoms with Gasteiger partial charge in [-0.25, -0.2) is 8.42 Å². The van der Waals surface area contributed by atoms with Gasteiger partial charge in [-0.1, -0.05) is 0 Å². The number of nitrogens with one attached hydrogen (secondary N) is 1. The Hall–Kier alpha value is -2.86. The van der Waals surface area contributed by atoms with Gasteiger partial charge < -0.3 is 14.8 Å². The second-order valence-corrected chi connectivity index (χ2v) is 9.83. The number of benzene rings is 2. The van der Waals surface area contributed by atoms with E-state index in [1.165, 1.54) is 42.5 Å². The standard InChI is InChI=1S/C21H23F3N2O6S/c1-13(21(22,23)24)32-19-8-7-17(33(2,29)30)11-18(19)20-14(9-10-25-20)12-31-16-5-3-15(4-6-16)26(27)28/h3-8,11,13-14,20,25H,9-10,12H2,1-2H3/t13-,14?,20?/m0/s1. The zero-order valence-corrected chi connectivity index (χ0v) is 18.7. The zero-order valence-electron chi connectivity index (χ0n) is 17.8. The molecule has 1 fully saturated rings. The van der Waals surface area contributed by atoms with Crippen LogP contribution >= 0.6 is 0 Å². The molecule has 2 unspecified atom stereocenters. The summed E-state index contributed by atoms with van der Waals surface area (Å²) in [6.45, 7) is 1.58. The van der Waals surface area contributed by atoms with E-state index < -0.39 is 33.1 Å². The maximum Gasteiger partial charge on any atom is 0.425 e. The van der Waals surface area contributed by atoms with Crippen molar-refractivity contribution in [1.82, 2.24) is 5.32 Å². The second kappa shape index (κ2) is 9.56. The average Bonchev–Trinajstić information content (AvgIpc) is 3.19. The lowest BCUT2D eigenvalue weighted by molar-refractivity contribution is -0.384. The number of halogens is 3. The minimum atomic E-state index is -4.59. The topological polar surface area (TPSA) is 108 Å². The lowest BCUT2D eigenvalue weighted by atomic mass is 9.94. The number of ether oxygens (including phenoxy) is 2. The molecule has 0 aliphatic carbocycles. The van der Waals surface area contributed by atoms with Crippen molar-refractivity contribution in [2.45, 2.75) is 36.6 Å². The Morgan fingerprint density at radius 1 is 1.21 bits per heavy atom. The van der Waals surface area contributed by atoms with E-state index in [4.69, 9.17) is 9.47 Å². The molecular weight excluding hydrogens is 465 g/mol. The van der Waals surface area contributed by atoms with Crippen LogP contribution in [-0.4, -0.2) is 45.0 Å². The Kier molecular flexibility index (Phi) is 7.17. The van der Waals surface area contributed by atoms with Crippen molar-refractivity contribution < 1.29 is 36.0 Å². The van der Waals surface area contributed by atoms with Gasteiger partial charge in [-0.15, -0.1) is 0 Å². The second-order valence-electron chi connectivity index (χ2n) is 7.82. The number of nitrogens with zero attached hydrogens (tertiary/aromatic N) is 1. The minimum Gasteiger partial charge on any atom is -0.493 e. The first-order chi connectivity index (χ1) is 15.4. The van der Waals surface area contributed by atoms with Crippen LogP contribution in [0.1, 0.15) is 24.9 Å². The largest absolute Gasteiger partial charge is 0.493 e. The van der Waals surface area contributed by atoms with E-state index in [0.29, 0.717) is 24.3 Å². The molecule has 2 aromatic carbocycles. The Bertz CT molecular complexity index is 1110. The summed E-state index contributed by atoms with van der Waals surface area (Å²) in [6.07, 6.45) is -5.04. The number of hydrogen-bond acceptors (Lipinski definition) is 7. The first-order valence-electron chi connectivity index (χ1n) is 10.0. The SMILES string of the molecule is C[C@H](Oc1ccc(S(C)(=O)=O)cc1C1NCCC1COc1ccc([N+](=O)[O-])cc1)C(F)(F)F. The number of nitro benzene ring substituents is 1. The number of sulfone groups is 1. The molecule has 12 heteroatoms. The van der Waals surface area contributed by atoms with Gasteiger partial charge in [0.05, 0.1) is 16.4 Å². The highest BCUT2D eigenvalue weighted by molar-refractivity contribution is 7.90. The van der Waals surface area contributed by atoms with Crippen molar-refractivity contribution in [1.29, 1.82) is 0 Å². The maximum absolute atomic E-state index is 13.1. The summed E-state index contributed by atoms with van der Waals surface area (Å²) in [6, 6.07) is 8.80. The maximum atomic E-state index is 13.1. The van der Waals surface area contributed by atoms with Gasteiger partial charge in [-0.3, -0.25) is 10.1 Å². The summed E-state index contributed by atoms with van der Waals surface area (Å²) in [5.74, 6) is 0.129. The lowest BCUT2D eigenvalue weighted by Gasteiger charge is -2.25. The monoisotopic (exact) mass is 488 g/mol. The summed E-state index contributed by atoms with van der Waals surface area (Å²) in [5, 5.41) is 14.0. The van der Waals surface area contributed by atoms with Crippen LogP contribution in [0.15, 0.2) is 47.4 Å². The first kappa shape index (κ1) is 24.8. The van der Waals surface area contributed by atoms with Gasteiger partial charge >= 0.3 is 6.18 Å². The predicted molar refractivity (Wildman–Crippen MR) is 113 cm³/mol. The summed E-state index contributed by atoms with van der Waals surface area (Å²) in [5.41, 5.74) is 0.213. The molecular formula is C21H23F3N2O6S.